The van der Waals surface area contributed by atoms with Gasteiger partial charge in [0.15, 0.2) is 5.82 Å². The van der Waals surface area contributed by atoms with Crippen molar-refractivity contribution < 1.29 is 13.2 Å². The molecule has 118 valence electrons. The fourth-order valence-electron chi connectivity index (χ4n) is 2.95. The van der Waals surface area contributed by atoms with E-state index in [2.05, 4.69) is 24.3 Å². The SMILES string of the molecule is Cn1cc(S(N)(=O)=O)c(NC(=O)C2CCCCC2(C)C)n1. The Balaban J connectivity index is 2.24. The van der Waals surface area contributed by atoms with Gasteiger partial charge >= 0.3 is 0 Å². The van der Waals surface area contributed by atoms with Crippen molar-refractivity contribution in [2.45, 2.75) is 44.4 Å². The summed E-state index contributed by atoms with van der Waals surface area (Å²) in [5.74, 6) is -0.337. The van der Waals surface area contributed by atoms with Gasteiger partial charge in [0.1, 0.15) is 4.90 Å². The number of primary sulfonamides is 1. The number of sulfonamides is 1. The molecule has 7 nitrogen and oxygen atoms in total. The van der Waals surface area contributed by atoms with Crippen LogP contribution in [0.1, 0.15) is 39.5 Å². The molecule has 0 bridgehead atoms. The Morgan fingerprint density at radius 3 is 2.71 bits per heavy atom. The molecule has 1 aliphatic carbocycles. The van der Waals surface area contributed by atoms with Crippen molar-refractivity contribution in [2.75, 3.05) is 5.32 Å². The van der Waals surface area contributed by atoms with Gasteiger partial charge in [0.05, 0.1) is 0 Å². The molecule has 0 aromatic carbocycles. The van der Waals surface area contributed by atoms with Crippen molar-refractivity contribution in [2.24, 2.45) is 23.5 Å². The first-order chi connectivity index (χ1) is 9.61. The van der Waals surface area contributed by atoms with E-state index in [-0.39, 0.29) is 28.0 Å². The van der Waals surface area contributed by atoms with E-state index in [1.807, 2.05) is 0 Å². The van der Waals surface area contributed by atoms with Gasteiger partial charge in [-0.25, -0.2) is 13.6 Å². The van der Waals surface area contributed by atoms with E-state index < -0.39 is 10.0 Å². The van der Waals surface area contributed by atoms with Gasteiger partial charge in [-0.2, -0.15) is 5.10 Å². The highest BCUT2D eigenvalue weighted by molar-refractivity contribution is 7.89. The van der Waals surface area contributed by atoms with E-state index in [1.54, 1.807) is 7.05 Å². The molecule has 1 aromatic heterocycles. The number of amides is 1. The molecule has 1 saturated carbocycles. The van der Waals surface area contributed by atoms with Crippen molar-refractivity contribution in [3.05, 3.63) is 6.20 Å². The van der Waals surface area contributed by atoms with Crippen LogP contribution in [-0.2, 0) is 21.9 Å². The zero-order valence-corrected chi connectivity index (χ0v) is 13.4. The number of rotatable bonds is 3. The number of nitrogens with one attached hydrogen (secondary N) is 1. The van der Waals surface area contributed by atoms with E-state index in [0.29, 0.717) is 0 Å². The zero-order valence-electron chi connectivity index (χ0n) is 12.6. The Labute approximate surface area is 124 Å². The molecule has 1 unspecified atom stereocenters. The molecule has 8 heteroatoms. The van der Waals surface area contributed by atoms with Crippen LogP contribution in [0.2, 0.25) is 0 Å². The lowest BCUT2D eigenvalue weighted by Crippen LogP contribution is -2.37. The van der Waals surface area contributed by atoms with Crippen LogP contribution in [0.15, 0.2) is 11.1 Å². The lowest BCUT2D eigenvalue weighted by atomic mass is 9.68. The number of hydrogen-bond donors (Lipinski definition) is 2. The van der Waals surface area contributed by atoms with Crippen molar-refractivity contribution in [3.8, 4) is 0 Å². The van der Waals surface area contributed by atoms with Crippen molar-refractivity contribution >= 4 is 21.7 Å². The molecule has 1 atom stereocenters. The molecular formula is C13H22N4O3S. The van der Waals surface area contributed by atoms with Gasteiger partial charge in [-0.15, -0.1) is 0 Å². The topological polar surface area (TPSA) is 107 Å². The van der Waals surface area contributed by atoms with Crippen molar-refractivity contribution in [3.63, 3.8) is 0 Å². The van der Waals surface area contributed by atoms with Crippen molar-refractivity contribution in [1.82, 2.24) is 9.78 Å². The second-order valence-electron chi connectivity index (χ2n) is 6.34. The first kappa shape index (κ1) is 16.0. The zero-order chi connectivity index (χ0) is 15.8. The van der Waals surface area contributed by atoms with Gasteiger partial charge in [0, 0.05) is 19.2 Å². The summed E-state index contributed by atoms with van der Waals surface area (Å²) in [6, 6.07) is 0. The number of aryl methyl sites for hydroxylation is 1. The minimum absolute atomic E-state index is 0.00590. The normalized spacial score (nSPS) is 22.0. The molecule has 0 spiro atoms. The standard InChI is InChI=1S/C13H22N4O3S/c1-13(2)7-5-4-6-9(13)12(18)15-11-10(21(14,19)20)8-17(3)16-11/h8-9H,4-7H2,1-3H3,(H2,14,19,20)(H,15,16,18). The number of anilines is 1. The average molecular weight is 314 g/mol. The summed E-state index contributed by atoms with van der Waals surface area (Å²) in [6.45, 7) is 4.13. The molecule has 1 aliphatic rings. The number of nitrogens with zero attached hydrogens (tertiary/aromatic N) is 2. The highest BCUT2D eigenvalue weighted by Gasteiger charge is 2.37. The Kier molecular flexibility index (Phi) is 4.12. The molecule has 0 aliphatic heterocycles. The number of nitrogens with two attached hydrogens (primary N) is 1. The van der Waals surface area contributed by atoms with E-state index in [0.717, 1.165) is 25.7 Å². The summed E-state index contributed by atoms with van der Waals surface area (Å²) >= 11 is 0. The minimum atomic E-state index is -3.92. The number of carbonyl (C=O) groups excluding carboxylic acids is 1. The number of aromatic nitrogens is 2. The smallest absolute Gasteiger partial charge is 0.243 e. The molecule has 0 saturated heterocycles. The summed E-state index contributed by atoms with van der Waals surface area (Å²) in [5.41, 5.74) is -0.0983. The summed E-state index contributed by atoms with van der Waals surface area (Å²) < 4.78 is 24.4. The summed E-state index contributed by atoms with van der Waals surface area (Å²) in [4.78, 5) is 12.3. The van der Waals surface area contributed by atoms with E-state index >= 15 is 0 Å². The van der Waals surface area contributed by atoms with Gasteiger partial charge < -0.3 is 5.32 Å². The van der Waals surface area contributed by atoms with Crippen LogP contribution in [0, 0.1) is 11.3 Å². The maximum absolute atomic E-state index is 12.5. The molecule has 1 heterocycles. The van der Waals surface area contributed by atoms with Gasteiger partial charge in [-0.05, 0) is 18.3 Å². The van der Waals surface area contributed by atoms with Crippen LogP contribution < -0.4 is 10.5 Å². The largest absolute Gasteiger partial charge is 0.308 e. The minimum Gasteiger partial charge on any atom is -0.308 e. The second kappa shape index (κ2) is 5.42. The molecule has 0 radical (unpaired) electrons. The predicted molar refractivity (Wildman–Crippen MR) is 78.9 cm³/mol. The Morgan fingerprint density at radius 2 is 2.14 bits per heavy atom. The number of hydrogen-bond acceptors (Lipinski definition) is 4. The molecule has 1 aromatic rings. The quantitative estimate of drug-likeness (QED) is 0.874. The van der Waals surface area contributed by atoms with E-state index in [4.69, 9.17) is 5.14 Å². The third kappa shape index (κ3) is 3.44. The van der Waals surface area contributed by atoms with Gasteiger partial charge in [0.2, 0.25) is 15.9 Å². The predicted octanol–water partition coefficient (Wildman–Crippen LogP) is 1.22. The maximum Gasteiger partial charge on any atom is 0.243 e. The Hall–Kier alpha value is -1.41. The first-order valence-corrected chi connectivity index (χ1v) is 8.53. The third-order valence-corrected chi connectivity index (χ3v) is 5.08. The van der Waals surface area contributed by atoms with Crippen LogP contribution in [0.25, 0.3) is 0 Å². The van der Waals surface area contributed by atoms with Crippen LogP contribution in [0.5, 0.6) is 0 Å². The fraction of sp³-hybridized carbons (Fsp3) is 0.692. The Morgan fingerprint density at radius 1 is 1.48 bits per heavy atom. The monoisotopic (exact) mass is 314 g/mol. The van der Waals surface area contributed by atoms with Gasteiger partial charge in [0.25, 0.3) is 0 Å². The third-order valence-electron chi connectivity index (χ3n) is 4.17. The molecule has 21 heavy (non-hydrogen) atoms. The first-order valence-electron chi connectivity index (χ1n) is 6.98. The molecule has 1 amide bonds. The van der Waals surface area contributed by atoms with Crippen molar-refractivity contribution in [1.29, 1.82) is 0 Å². The van der Waals surface area contributed by atoms with E-state index in [9.17, 15) is 13.2 Å². The highest BCUT2D eigenvalue weighted by atomic mass is 32.2. The van der Waals surface area contributed by atoms with E-state index in [1.165, 1.54) is 10.9 Å². The lowest BCUT2D eigenvalue weighted by molar-refractivity contribution is -0.124. The maximum atomic E-state index is 12.5. The van der Waals surface area contributed by atoms with Crippen LogP contribution >= 0.6 is 0 Å². The average Bonchev–Trinajstić information content (AvgIpc) is 2.69. The molecule has 3 N–H and O–H groups in total. The van der Waals surface area contributed by atoms with Crippen LogP contribution in [-0.4, -0.2) is 24.1 Å². The molecule has 2 rings (SSSR count). The number of carbonyl (C=O) groups is 1. The fourth-order valence-corrected chi connectivity index (χ4v) is 3.61. The van der Waals surface area contributed by atoms with Gasteiger partial charge in [-0.3, -0.25) is 9.48 Å². The lowest BCUT2D eigenvalue weighted by Gasteiger charge is -2.37. The summed E-state index contributed by atoms with van der Waals surface area (Å²) in [6.07, 6.45) is 5.19. The molecular weight excluding hydrogens is 292 g/mol. The van der Waals surface area contributed by atoms with Crippen LogP contribution in [0.3, 0.4) is 0 Å². The second-order valence-corrected chi connectivity index (χ2v) is 7.87. The summed E-state index contributed by atoms with van der Waals surface area (Å²) in [5, 5.41) is 11.8. The Bertz CT molecular complexity index is 648. The van der Waals surface area contributed by atoms with Gasteiger partial charge in [-0.1, -0.05) is 26.7 Å². The molecule has 1 fully saturated rings. The van der Waals surface area contributed by atoms with Crippen LogP contribution in [0.4, 0.5) is 5.82 Å². The highest BCUT2D eigenvalue weighted by Crippen LogP contribution is 2.41. The summed E-state index contributed by atoms with van der Waals surface area (Å²) in [7, 11) is -2.34.